The van der Waals surface area contributed by atoms with Gasteiger partial charge in [0.05, 0.1) is 25.0 Å². The Morgan fingerprint density at radius 3 is 2.05 bits per heavy atom. The minimum atomic E-state index is -0.350. The summed E-state index contributed by atoms with van der Waals surface area (Å²) < 4.78 is 10.5. The lowest BCUT2D eigenvalue weighted by Gasteiger charge is -2.33. The van der Waals surface area contributed by atoms with Crippen molar-refractivity contribution in [3.63, 3.8) is 0 Å². The van der Waals surface area contributed by atoms with Crippen LogP contribution < -0.4 is 0 Å². The highest BCUT2D eigenvalue weighted by Gasteiger charge is 2.40. The summed E-state index contributed by atoms with van der Waals surface area (Å²) in [4.78, 5) is 24.7. The van der Waals surface area contributed by atoms with Gasteiger partial charge in [-0.15, -0.1) is 0 Å². The van der Waals surface area contributed by atoms with E-state index >= 15 is 0 Å². The number of ether oxygens (including phenoxy) is 2. The second-order valence-corrected chi connectivity index (χ2v) is 5.82. The molecule has 0 spiro atoms. The van der Waals surface area contributed by atoms with Gasteiger partial charge in [-0.1, -0.05) is 32.6 Å². The van der Waals surface area contributed by atoms with Gasteiger partial charge in [0.25, 0.3) is 0 Å². The van der Waals surface area contributed by atoms with Crippen molar-refractivity contribution in [2.75, 3.05) is 13.2 Å². The van der Waals surface area contributed by atoms with Gasteiger partial charge in [-0.05, 0) is 39.0 Å². The van der Waals surface area contributed by atoms with Gasteiger partial charge in [0.2, 0.25) is 0 Å². The molecule has 0 N–H and O–H groups in total. The summed E-state index contributed by atoms with van der Waals surface area (Å²) in [6, 6.07) is 0. The van der Waals surface area contributed by atoms with Crippen LogP contribution in [0, 0.1) is 17.8 Å². The first-order valence-electron chi connectivity index (χ1n) is 8.48. The van der Waals surface area contributed by atoms with Crippen molar-refractivity contribution < 1.29 is 19.1 Å². The van der Waals surface area contributed by atoms with Gasteiger partial charge in [0.15, 0.2) is 0 Å². The fourth-order valence-corrected chi connectivity index (χ4v) is 3.42. The summed E-state index contributed by atoms with van der Waals surface area (Å²) in [5.41, 5.74) is 0. The van der Waals surface area contributed by atoms with Crippen molar-refractivity contribution in [1.29, 1.82) is 0 Å². The van der Waals surface area contributed by atoms with Crippen LogP contribution in [0.4, 0.5) is 0 Å². The number of carbonyl (C=O) groups excluding carboxylic acids is 2. The van der Waals surface area contributed by atoms with Crippen LogP contribution in [-0.4, -0.2) is 25.2 Å². The molecule has 2 atom stereocenters. The monoisotopic (exact) mass is 298 g/mol. The van der Waals surface area contributed by atoms with Gasteiger partial charge in [-0.2, -0.15) is 0 Å². The van der Waals surface area contributed by atoms with Crippen LogP contribution >= 0.6 is 0 Å². The van der Waals surface area contributed by atoms with Crippen LogP contribution in [0.3, 0.4) is 0 Å². The summed E-state index contributed by atoms with van der Waals surface area (Å²) >= 11 is 0. The van der Waals surface area contributed by atoms with Crippen LogP contribution in [0.25, 0.3) is 0 Å². The minimum Gasteiger partial charge on any atom is -0.466 e. The predicted octanol–water partition coefficient (Wildman–Crippen LogP) is 3.73. The van der Waals surface area contributed by atoms with Crippen molar-refractivity contribution >= 4 is 11.9 Å². The largest absolute Gasteiger partial charge is 0.466 e. The lowest BCUT2D eigenvalue weighted by atomic mass is 9.72. The summed E-state index contributed by atoms with van der Waals surface area (Å²) in [5, 5.41) is 0. The molecule has 2 unspecified atom stereocenters. The standard InChI is InChI=1S/C17H30O4/c1-4-10-14(16(18)20-5-2)15(17(19)21-6-3)13-11-8-7-9-12-13/h13-15H,4-12H2,1-3H3. The molecule has 1 aliphatic rings. The second kappa shape index (κ2) is 9.80. The Morgan fingerprint density at radius 2 is 1.52 bits per heavy atom. The zero-order valence-electron chi connectivity index (χ0n) is 13.7. The first kappa shape index (κ1) is 18.0. The zero-order chi connectivity index (χ0) is 15.7. The average molecular weight is 298 g/mol. The highest BCUT2D eigenvalue weighted by atomic mass is 16.5. The van der Waals surface area contributed by atoms with E-state index in [1.807, 2.05) is 13.8 Å². The van der Waals surface area contributed by atoms with E-state index < -0.39 is 0 Å². The number of carbonyl (C=O) groups is 2. The van der Waals surface area contributed by atoms with E-state index in [1.54, 1.807) is 6.92 Å². The number of hydrogen-bond donors (Lipinski definition) is 0. The van der Waals surface area contributed by atoms with Crippen LogP contribution in [0.5, 0.6) is 0 Å². The topological polar surface area (TPSA) is 52.6 Å². The minimum absolute atomic E-state index is 0.212. The van der Waals surface area contributed by atoms with E-state index in [9.17, 15) is 9.59 Å². The SMILES string of the molecule is CCCC(C(=O)OCC)C(C(=O)OCC)C1CCCCC1. The Bertz CT molecular complexity index is 321. The third kappa shape index (κ3) is 5.33. The highest BCUT2D eigenvalue weighted by molar-refractivity contribution is 5.82. The van der Waals surface area contributed by atoms with Crippen molar-refractivity contribution in [3.8, 4) is 0 Å². The Labute approximate surface area is 128 Å². The van der Waals surface area contributed by atoms with Crippen LogP contribution in [-0.2, 0) is 19.1 Å². The molecule has 0 radical (unpaired) electrons. The maximum absolute atomic E-state index is 12.4. The molecule has 0 bridgehead atoms. The first-order chi connectivity index (χ1) is 10.2. The van der Waals surface area contributed by atoms with Gasteiger partial charge in [-0.25, -0.2) is 0 Å². The maximum Gasteiger partial charge on any atom is 0.310 e. The molecule has 21 heavy (non-hydrogen) atoms. The molecular formula is C17H30O4. The summed E-state index contributed by atoms with van der Waals surface area (Å²) in [7, 11) is 0. The molecule has 1 aliphatic carbocycles. The van der Waals surface area contributed by atoms with Crippen molar-refractivity contribution in [3.05, 3.63) is 0 Å². The van der Waals surface area contributed by atoms with Crippen molar-refractivity contribution in [1.82, 2.24) is 0 Å². The summed E-state index contributed by atoms with van der Waals surface area (Å²) in [5.74, 6) is -0.862. The van der Waals surface area contributed by atoms with E-state index in [2.05, 4.69) is 0 Å². The van der Waals surface area contributed by atoms with Crippen LogP contribution in [0.2, 0.25) is 0 Å². The number of hydrogen-bond acceptors (Lipinski definition) is 4. The molecule has 4 nitrogen and oxygen atoms in total. The lowest BCUT2D eigenvalue weighted by Crippen LogP contribution is -2.38. The quantitative estimate of drug-likeness (QED) is 0.641. The van der Waals surface area contributed by atoms with Crippen LogP contribution in [0.15, 0.2) is 0 Å². The molecule has 0 aromatic carbocycles. The Hall–Kier alpha value is -1.06. The summed E-state index contributed by atoms with van der Waals surface area (Å²) in [6.45, 7) is 6.38. The van der Waals surface area contributed by atoms with Crippen molar-refractivity contribution in [2.45, 2.75) is 65.7 Å². The van der Waals surface area contributed by atoms with E-state index in [0.717, 1.165) is 32.1 Å². The second-order valence-electron chi connectivity index (χ2n) is 5.82. The third-order valence-electron chi connectivity index (χ3n) is 4.34. The molecule has 4 heteroatoms. The Kier molecular flexibility index (Phi) is 8.40. The molecule has 1 saturated carbocycles. The van der Waals surface area contributed by atoms with Gasteiger partial charge in [0.1, 0.15) is 0 Å². The van der Waals surface area contributed by atoms with E-state index in [1.165, 1.54) is 6.42 Å². The van der Waals surface area contributed by atoms with E-state index in [-0.39, 0.29) is 29.7 Å². The Balaban J connectivity index is 2.92. The molecule has 1 fully saturated rings. The first-order valence-corrected chi connectivity index (χ1v) is 8.48. The van der Waals surface area contributed by atoms with Gasteiger partial charge >= 0.3 is 11.9 Å². The maximum atomic E-state index is 12.4. The molecular weight excluding hydrogens is 268 g/mol. The van der Waals surface area contributed by atoms with Crippen LogP contribution in [0.1, 0.15) is 65.7 Å². The third-order valence-corrected chi connectivity index (χ3v) is 4.34. The Morgan fingerprint density at radius 1 is 0.952 bits per heavy atom. The molecule has 0 aromatic rings. The fourth-order valence-electron chi connectivity index (χ4n) is 3.42. The molecule has 0 aromatic heterocycles. The average Bonchev–Trinajstić information content (AvgIpc) is 2.48. The van der Waals surface area contributed by atoms with Crippen molar-refractivity contribution in [2.24, 2.45) is 17.8 Å². The fraction of sp³-hybridized carbons (Fsp3) is 0.882. The van der Waals surface area contributed by atoms with E-state index in [4.69, 9.17) is 9.47 Å². The van der Waals surface area contributed by atoms with Gasteiger partial charge in [-0.3, -0.25) is 9.59 Å². The number of rotatable bonds is 8. The molecule has 0 heterocycles. The summed E-state index contributed by atoms with van der Waals surface area (Å²) in [6.07, 6.45) is 7.10. The predicted molar refractivity (Wildman–Crippen MR) is 81.7 cm³/mol. The zero-order valence-corrected chi connectivity index (χ0v) is 13.7. The van der Waals surface area contributed by atoms with Gasteiger partial charge < -0.3 is 9.47 Å². The molecule has 122 valence electrons. The molecule has 0 saturated heterocycles. The number of esters is 2. The normalized spacial score (nSPS) is 18.8. The van der Waals surface area contributed by atoms with E-state index in [0.29, 0.717) is 19.6 Å². The highest BCUT2D eigenvalue weighted by Crippen LogP contribution is 2.37. The molecule has 1 rings (SSSR count). The lowest BCUT2D eigenvalue weighted by molar-refractivity contribution is -0.163. The van der Waals surface area contributed by atoms with Gasteiger partial charge in [0, 0.05) is 0 Å². The molecule has 0 aliphatic heterocycles. The smallest absolute Gasteiger partial charge is 0.310 e. The molecule has 0 amide bonds.